The Hall–Kier alpha value is -3.60. The zero-order valence-electron chi connectivity index (χ0n) is 17.1. The number of hydrogen-bond donors (Lipinski definition) is 1. The molecule has 10 nitrogen and oxygen atoms in total. The molecule has 1 aliphatic heterocycles. The topological polar surface area (TPSA) is 127 Å². The summed E-state index contributed by atoms with van der Waals surface area (Å²) in [5.41, 5.74) is 0.905. The van der Waals surface area contributed by atoms with Gasteiger partial charge in [-0.1, -0.05) is 24.3 Å². The van der Waals surface area contributed by atoms with Gasteiger partial charge in [0.1, 0.15) is 5.54 Å². The molecule has 1 fully saturated rings. The average molecular weight is 440 g/mol. The second-order valence-corrected chi connectivity index (χ2v) is 9.55. The molecule has 1 unspecified atom stereocenters. The molecule has 2 aromatic carbocycles. The summed E-state index contributed by atoms with van der Waals surface area (Å²) in [6.45, 7) is 3.40. The summed E-state index contributed by atoms with van der Waals surface area (Å²) in [4.78, 5) is 27.1. The van der Waals surface area contributed by atoms with E-state index in [-0.39, 0.29) is 17.3 Å². The van der Waals surface area contributed by atoms with Crippen LogP contribution >= 0.6 is 0 Å². The van der Waals surface area contributed by atoms with Crippen LogP contribution in [0.4, 0.5) is 4.79 Å². The van der Waals surface area contributed by atoms with Gasteiger partial charge < -0.3 is 5.32 Å². The molecule has 4 rings (SSSR count). The van der Waals surface area contributed by atoms with Crippen molar-refractivity contribution in [1.29, 1.82) is 0 Å². The molecule has 1 atom stereocenters. The highest BCUT2D eigenvalue weighted by molar-refractivity contribution is 7.90. The minimum absolute atomic E-state index is 0.146. The summed E-state index contributed by atoms with van der Waals surface area (Å²) >= 11 is 0. The number of urea groups is 1. The third kappa shape index (κ3) is 3.56. The van der Waals surface area contributed by atoms with Crippen molar-refractivity contribution in [3.63, 3.8) is 0 Å². The minimum Gasteiger partial charge on any atom is -0.319 e. The van der Waals surface area contributed by atoms with Crippen molar-refractivity contribution >= 4 is 21.8 Å². The summed E-state index contributed by atoms with van der Waals surface area (Å²) in [6, 6.07) is 12.8. The molecule has 0 spiro atoms. The van der Waals surface area contributed by atoms with E-state index in [2.05, 4.69) is 20.8 Å². The van der Waals surface area contributed by atoms with E-state index in [1.807, 2.05) is 31.2 Å². The molecule has 1 aromatic heterocycles. The van der Waals surface area contributed by atoms with Gasteiger partial charge in [0.25, 0.3) is 5.91 Å². The van der Waals surface area contributed by atoms with Crippen molar-refractivity contribution in [2.75, 3.05) is 6.26 Å². The van der Waals surface area contributed by atoms with E-state index in [1.165, 1.54) is 16.8 Å². The maximum absolute atomic E-state index is 13.2. The summed E-state index contributed by atoms with van der Waals surface area (Å²) in [7, 11) is -3.34. The number of nitrogens with zero attached hydrogens (tertiary/aromatic N) is 5. The van der Waals surface area contributed by atoms with Gasteiger partial charge in [0.15, 0.2) is 15.7 Å². The average Bonchev–Trinajstić information content (AvgIpc) is 3.27. The Morgan fingerprint density at radius 1 is 1.06 bits per heavy atom. The van der Waals surface area contributed by atoms with Crippen LogP contribution in [-0.4, -0.2) is 51.7 Å². The quantitative estimate of drug-likeness (QED) is 0.593. The first-order chi connectivity index (χ1) is 14.6. The van der Waals surface area contributed by atoms with Gasteiger partial charge in [0.2, 0.25) is 0 Å². The lowest BCUT2D eigenvalue weighted by molar-refractivity contribution is -0.131. The van der Waals surface area contributed by atoms with Crippen LogP contribution in [0.15, 0.2) is 53.4 Å². The summed E-state index contributed by atoms with van der Waals surface area (Å²) in [5, 5.41) is 14.3. The van der Waals surface area contributed by atoms with Gasteiger partial charge in [0, 0.05) is 6.26 Å². The van der Waals surface area contributed by atoms with E-state index in [0.29, 0.717) is 11.3 Å². The highest BCUT2D eigenvalue weighted by Gasteiger charge is 2.49. The fraction of sp³-hybridized carbons (Fsp3) is 0.250. The first-order valence-electron chi connectivity index (χ1n) is 9.39. The SMILES string of the molecule is Cc1ccccc1C1(C)NC(=O)N(Cc2nnnn2-c2ccc(S(C)(=O)=O)cc2)C1=O. The number of nitrogens with one attached hydrogen (secondary N) is 1. The number of imide groups is 1. The number of benzene rings is 2. The van der Waals surface area contributed by atoms with Crippen molar-refractivity contribution < 1.29 is 18.0 Å². The number of aromatic nitrogens is 4. The molecule has 11 heteroatoms. The monoisotopic (exact) mass is 440 g/mol. The Labute approximate surface area is 178 Å². The Balaban J connectivity index is 1.63. The number of aryl methyl sites for hydroxylation is 1. The standard InChI is InChI=1S/C20H20N6O4S/c1-13-6-4-5-7-16(13)20(2)18(27)25(19(28)21-20)12-17-22-23-24-26(17)14-8-10-15(11-9-14)31(3,29)30/h4-11H,12H2,1-3H3,(H,21,28). The lowest BCUT2D eigenvalue weighted by Gasteiger charge is -2.24. The highest BCUT2D eigenvalue weighted by Crippen LogP contribution is 2.31. The number of rotatable bonds is 5. The predicted molar refractivity (Wildman–Crippen MR) is 110 cm³/mol. The molecule has 160 valence electrons. The van der Waals surface area contributed by atoms with Crippen LogP contribution in [-0.2, 0) is 26.7 Å². The van der Waals surface area contributed by atoms with Crippen LogP contribution in [0.25, 0.3) is 5.69 Å². The second-order valence-electron chi connectivity index (χ2n) is 7.53. The Morgan fingerprint density at radius 3 is 2.39 bits per heavy atom. The molecule has 2 heterocycles. The molecular weight excluding hydrogens is 420 g/mol. The normalized spacial score (nSPS) is 19.0. The van der Waals surface area contributed by atoms with Crippen molar-refractivity contribution in [1.82, 2.24) is 30.4 Å². The number of hydrogen-bond acceptors (Lipinski definition) is 7. The van der Waals surface area contributed by atoms with Crippen molar-refractivity contribution in [3.8, 4) is 5.69 Å². The van der Waals surface area contributed by atoms with E-state index >= 15 is 0 Å². The minimum atomic E-state index is -3.34. The van der Waals surface area contributed by atoms with Crippen molar-refractivity contribution in [3.05, 3.63) is 65.5 Å². The number of carbonyl (C=O) groups is 2. The maximum atomic E-state index is 13.2. The molecule has 0 bridgehead atoms. The van der Waals surface area contributed by atoms with Gasteiger partial charge in [-0.2, -0.15) is 4.68 Å². The Kier molecular flexibility index (Phi) is 4.85. The first kappa shape index (κ1) is 20.7. The highest BCUT2D eigenvalue weighted by atomic mass is 32.2. The summed E-state index contributed by atoms with van der Waals surface area (Å²) < 4.78 is 24.7. The van der Waals surface area contributed by atoms with E-state index in [4.69, 9.17) is 0 Å². The zero-order valence-corrected chi connectivity index (χ0v) is 17.9. The Morgan fingerprint density at radius 2 is 1.74 bits per heavy atom. The Bertz CT molecular complexity index is 1290. The largest absolute Gasteiger partial charge is 0.325 e. The van der Waals surface area contributed by atoms with Crippen LogP contribution in [0.3, 0.4) is 0 Å². The van der Waals surface area contributed by atoms with Crippen LogP contribution in [0.5, 0.6) is 0 Å². The second kappa shape index (κ2) is 7.27. The number of sulfone groups is 1. The molecule has 31 heavy (non-hydrogen) atoms. The molecule has 0 radical (unpaired) electrons. The molecule has 0 saturated carbocycles. The smallest absolute Gasteiger partial charge is 0.319 e. The third-order valence-electron chi connectivity index (χ3n) is 5.30. The molecule has 1 aliphatic rings. The van der Waals surface area contributed by atoms with Gasteiger partial charge in [-0.3, -0.25) is 9.69 Å². The van der Waals surface area contributed by atoms with Gasteiger partial charge in [-0.15, -0.1) is 5.10 Å². The van der Waals surface area contributed by atoms with E-state index in [1.54, 1.807) is 19.1 Å². The molecule has 3 aromatic rings. The van der Waals surface area contributed by atoms with E-state index < -0.39 is 27.3 Å². The zero-order chi connectivity index (χ0) is 22.4. The number of amides is 3. The molecular formula is C20H20N6O4S. The third-order valence-corrected chi connectivity index (χ3v) is 6.43. The molecule has 0 aliphatic carbocycles. The number of carbonyl (C=O) groups excluding carboxylic acids is 2. The predicted octanol–water partition coefficient (Wildman–Crippen LogP) is 1.34. The summed E-state index contributed by atoms with van der Waals surface area (Å²) in [5.74, 6) is -0.154. The molecule has 1 N–H and O–H groups in total. The van der Waals surface area contributed by atoms with Crippen molar-refractivity contribution in [2.24, 2.45) is 0 Å². The van der Waals surface area contributed by atoms with Crippen LogP contribution < -0.4 is 5.32 Å². The van der Waals surface area contributed by atoms with Gasteiger partial charge in [0.05, 0.1) is 17.1 Å². The van der Waals surface area contributed by atoms with Crippen LogP contribution in [0.2, 0.25) is 0 Å². The lowest BCUT2D eigenvalue weighted by atomic mass is 9.88. The number of tetrazole rings is 1. The molecule has 1 saturated heterocycles. The van der Waals surface area contributed by atoms with Gasteiger partial charge in [-0.05, 0) is 59.7 Å². The first-order valence-corrected chi connectivity index (χ1v) is 11.3. The van der Waals surface area contributed by atoms with Crippen LogP contribution in [0.1, 0.15) is 23.9 Å². The van der Waals surface area contributed by atoms with Gasteiger partial charge >= 0.3 is 6.03 Å². The van der Waals surface area contributed by atoms with Gasteiger partial charge in [-0.25, -0.2) is 13.2 Å². The van der Waals surface area contributed by atoms with E-state index in [0.717, 1.165) is 16.7 Å². The summed E-state index contributed by atoms with van der Waals surface area (Å²) in [6.07, 6.45) is 1.12. The lowest BCUT2D eigenvalue weighted by Crippen LogP contribution is -2.41. The fourth-order valence-corrected chi connectivity index (χ4v) is 4.27. The fourth-order valence-electron chi connectivity index (χ4n) is 3.64. The van der Waals surface area contributed by atoms with Crippen LogP contribution in [0, 0.1) is 6.92 Å². The molecule has 3 amide bonds. The van der Waals surface area contributed by atoms with E-state index in [9.17, 15) is 18.0 Å². The maximum Gasteiger partial charge on any atom is 0.325 e. The van der Waals surface area contributed by atoms with Crippen molar-refractivity contribution in [2.45, 2.75) is 30.8 Å².